The lowest BCUT2D eigenvalue weighted by Gasteiger charge is -2.07. The largest absolute Gasteiger partial charge is 0.395 e. The molecule has 0 saturated heterocycles. The van der Waals surface area contributed by atoms with E-state index in [-0.39, 0.29) is 31.6 Å². The molecular weight excluding hydrogens is 276 g/mol. The molecule has 116 valence electrons. The van der Waals surface area contributed by atoms with Crippen LogP contribution < -0.4 is 10.6 Å². The summed E-state index contributed by atoms with van der Waals surface area (Å²) in [7, 11) is 1.56. The number of rotatable bonds is 9. The van der Waals surface area contributed by atoms with Gasteiger partial charge in [-0.3, -0.25) is 9.59 Å². The van der Waals surface area contributed by atoms with Crippen molar-refractivity contribution < 1.29 is 24.2 Å². The van der Waals surface area contributed by atoms with E-state index in [1.165, 1.54) is 0 Å². The third kappa shape index (κ3) is 6.84. The Morgan fingerprint density at radius 2 is 1.90 bits per heavy atom. The summed E-state index contributed by atoms with van der Waals surface area (Å²) >= 11 is 0. The number of aliphatic hydroxyl groups is 1. The second-order valence-electron chi connectivity index (χ2n) is 4.15. The Balaban J connectivity index is 2.39. The molecule has 1 rings (SSSR count). The average Bonchev–Trinajstić information content (AvgIpc) is 2.50. The first-order valence-electron chi connectivity index (χ1n) is 6.53. The zero-order chi connectivity index (χ0) is 15.5. The molecule has 0 heterocycles. The summed E-state index contributed by atoms with van der Waals surface area (Å²) in [4.78, 5) is 23.2. The van der Waals surface area contributed by atoms with Crippen LogP contribution in [0.2, 0.25) is 0 Å². The maximum atomic E-state index is 11.6. The van der Waals surface area contributed by atoms with Gasteiger partial charge in [-0.25, -0.2) is 0 Å². The van der Waals surface area contributed by atoms with Gasteiger partial charge in [0.2, 0.25) is 5.91 Å². The Labute approximate surface area is 123 Å². The maximum absolute atomic E-state index is 11.6. The number of hydrogen-bond donors (Lipinski definition) is 3. The Bertz CT molecular complexity index is 447. The molecule has 1 aromatic carbocycles. The molecule has 0 spiro atoms. The lowest BCUT2D eigenvalue weighted by atomic mass is 10.2. The van der Waals surface area contributed by atoms with Gasteiger partial charge in [-0.2, -0.15) is 0 Å². The summed E-state index contributed by atoms with van der Waals surface area (Å²) in [6.07, 6.45) is 0. The Morgan fingerprint density at radius 3 is 2.52 bits per heavy atom. The number of nitrogens with one attached hydrogen (secondary N) is 2. The van der Waals surface area contributed by atoms with Gasteiger partial charge in [-0.15, -0.1) is 0 Å². The highest BCUT2D eigenvalue weighted by Gasteiger charge is 2.06. The van der Waals surface area contributed by atoms with Crippen molar-refractivity contribution in [3.63, 3.8) is 0 Å². The molecule has 0 saturated carbocycles. The van der Waals surface area contributed by atoms with Crippen molar-refractivity contribution in [2.24, 2.45) is 0 Å². The number of amides is 2. The molecule has 7 nitrogen and oxygen atoms in total. The first-order valence-corrected chi connectivity index (χ1v) is 6.53. The summed E-state index contributed by atoms with van der Waals surface area (Å²) in [5.74, 6) is -0.548. The number of anilines is 1. The van der Waals surface area contributed by atoms with Crippen LogP contribution in [0.5, 0.6) is 0 Å². The maximum Gasteiger partial charge on any atom is 0.251 e. The Morgan fingerprint density at radius 1 is 1.19 bits per heavy atom. The summed E-state index contributed by atoms with van der Waals surface area (Å²) in [6.45, 7) is 0.833. The molecule has 1 aromatic rings. The predicted molar refractivity (Wildman–Crippen MR) is 77.2 cm³/mol. The second-order valence-corrected chi connectivity index (χ2v) is 4.15. The first kappa shape index (κ1) is 17.1. The summed E-state index contributed by atoms with van der Waals surface area (Å²) in [5, 5.41) is 13.8. The lowest BCUT2D eigenvalue weighted by molar-refractivity contribution is -0.121. The molecule has 0 fully saturated rings. The van der Waals surface area contributed by atoms with Crippen molar-refractivity contribution in [2.45, 2.75) is 0 Å². The highest BCUT2D eigenvalue weighted by Crippen LogP contribution is 2.09. The van der Waals surface area contributed by atoms with Crippen molar-refractivity contribution in [1.29, 1.82) is 0 Å². The zero-order valence-electron chi connectivity index (χ0n) is 11.9. The van der Waals surface area contributed by atoms with Gasteiger partial charge < -0.3 is 25.2 Å². The van der Waals surface area contributed by atoms with E-state index in [1.807, 2.05) is 0 Å². The third-order valence-electron chi connectivity index (χ3n) is 2.49. The number of aliphatic hydroxyl groups excluding tert-OH is 1. The van der Waals surface area contributed by atoms with Gasteiger partial charge in [0, 0.05) is 24.9 Å². The molecule has 0 aliphatic rings. The molecule has 0 unspecified atom stereocenters. The SMILES string of the molecule is COCCOCC(=O)Nc1ccc(C(=O)NCCO)cc1. The standard InChI is InChI=1S/C14H20N2O5/c1-20-8-9-21-10-13(18)16-12-4-2-11(3-5-12)14(19)15-6-7-17/h2-5,17H,6-10H2,1H3,(H,15,19)(H,16,18). The Hall–Kier alpha value is -1.96. The van der Waals surface area contributed by atoms with Crippen LogP contribution in [0.15, 0.2) is 24.3 Å². The molecule has 0 bridgehead atoms. The van der Waals surface area contributed by atoms with E-state index in [4.69, 9.17) is 14.6 Å². The van der Waals surface area contributed by atoms with Gasteiger partial charge in [-0.05, 0) is 24.3 Å². The van der Waals surface area contributed by atoms with Gasteiger partial charge in [0.25, 0.3) is 5.91 Å². The van der Waals surface area contributed by atoms with Gasteiger partial charge >= 0.3 is 0 Å². The van der Waals surface area contributed by atoms with Crippen LogP contribution >= 0.6 is 0 Å². The van der Waals surface area contributed by atoms with Crippen LogP contribution in [-0.4, -0.2) is 57.0 Å². The lowest BCUT2D eigenvalue weighted by Crippen LogP contribution is -2.26. The molecule has 21 heavy (non-hydrogen) atoms. The zero-order valence-corrected chi connectivity index (χ0v) is 11.9. The molecule has 7 heteroatoms. The van der Waals surface area contributed by atoms with Crippen LogP contribution in [0.25, 0.3) is 0 Å². The van der Waals surface area contributed by atoms with E-state index in [9.17, 15) is 9.59 Å². The quantitative estimate of drug-likeness (QED) is 0.558. The van der Waals surface area contributed by atoms with E-state index in [1.54, 1.807) is 31.4 Å². The summed E-state index contributed by atoms with van der Waals surface area (Å²) < 4.78 is 9.88. The Kier molecular flexibility index (Phi) is 8.03. The normalized spacial score (nSPS) is 10.2. The fourth-order valence-electron chi connectivity index (χ4n) is 1.48. The van der Waals surface area contributed by atoms with Crippen molar-refractivity contribution in [1.82, 2.24) is 5.32 Å². The summed E-state index contributed by atoms with van der Waals surface area (Å²) in [6, 6.07) is 6.43. The van der Waals surface area contributed by atoms with E-state index < -0.39 is 0 Å². The second kappa shape index (κ2) is 9.87. The smallest absolute Gasteiger partial charge is 0.251 e. The highest BCUT2D eigenvalue weighted by molar-refractivity contribution is 5.96. The number of carbonyl (C=O) groups excluding carboxylic acids is 2. The van der Waals surface area contributed by atoms with Crippen molar-refractivity contribution in [2.75, 3.05) is 45.4 Å². The average molecular weight is 296 g/mol. The van der Waals surface area contributed by atoms with Crippen LogP contribution in [0.4, 0.5) is 5.69 Å². The number of methoxy groups -OCH3 is 1. The van der Waals surface area contributed by atoms with Crippen LogP contribution in [0, 0.1) is 0 Å². The van der Waals surface area contributed by atoms with Crippen molar-refractivity contribution in [3.05, 3.63) is 29.8 Å². The number of ether oxygens (including phenoxy) is 2. The van der Waals surface area contributed by atoms with E-state index in [0.717, 1.165) is 0 Å². The minimum atomic E-state index is -0.274. The molecule has 2 amide bonds. The number of carbonyl (C=O) groups is 2. The molecule has 0 aliphatic carbocycles. The molecule has 0 atom stereocenters. The first-order chi connectivity index (χ1) is 10.2. The topological polar surface area (TPSA) is 96.9 Å². The number of hydrogen-bond acceptors (Lipinski definition) is 5. The van der Waals surface area contributed by atoms with E-state index >= 15 is 0 Å². The predicted octanol–water partition coefficient (Wildman–Crippen LogP) is 0.0102. The molecular formula is C14H20N2O5. The van der Waals surface area contributed by atoms with Gasteiger partial charge in [0.05, 0.1) is 19.8 Å². The van der Waals surface area contributed by atoms with E-state index in [2.05, 4.69) is 10.6 Å². The van der Waals surface area contributed by atoms with Gasteiger partial charge in [0.1, 0.15) is 6.61 Å². The monoisotopic (exact) mass is 296 g/mol. The molecule has 0 aromatic heterocycles. The van der Waals surface area contributed by atoms with Crippen LogP contribution in [-0.2, 0) is 14.3 Å². The van der Waals surface area contributed by atoms with Crippen LogP contribution in [0.3, 0.4) is 0 Å². The van der Waals surface area contributed by atoms with Gasteiger partial charge in [-0.1, -0.05) is 0 Å². The molecule has 0 radical (unpaired) electrons. The fourth-order valence-corrected chi connectivity index (χ4v) is 1.48. The minimum absolute atomic E-state index is 0.0535. The highest BCUT2D eigenvalue weighted by atomic mass is 16.5. The third-order valence-corrected chi connectivity index (χ3v) is 2.49. The van der Waals surface area contributed by atoms with Crippen molar-refractivity contribution >= 4 is 17.5 Å². The van der Waals surface area contributed by atoms with E-state index in [0.29, 0.717) is 24.5 Å². The number of benzene rings is 1. The molecule has 3 N–H and O–H groups in total. The minimum Gasteiger partial charge on any atom is -0.395 e. The van der Waals surface area contributed by atoms with Crippen LogP contribution in [0.1, 0.15) is 10.4 Å². The van der Waals surface area contributed by atoms with Crippen molar-refractivity contribution in [3.8, 4) is 0 Å². The molecule has 0 aliphatic heterocycles. The van der Waals surface area contributed by atoms with Gasteiger partial charge in [0.15, 0.2) is 0 Å². The summed E-state index contributed by atoms with van der Waals surface area (Å²) in [5.41, 5.74) is 1.03. The fraction of sp³-hybridized carbons (Fsp3) is 0.429.